The van der Waals surface area contributed by atoms with Gasteiger partial charge in [-0.15, -0.1) is 0 Å². The number of para-hydroxylation sites is 2. The summed E-state index contributed by atoms with van der Waals surface area (Å²) in [7, 11) is 0. The highest BCUT2D eigenvalue weighted by Gasteiger charge is 2.21. The molecule has 2 nitrogen and oxygen atoms in total. The van der Waals surface area contributed by atoms with Crippen LogP contribution in [-0.4, -0.2) is 0 Å². The number of fused-ring (bicyclic) bond motifs is 7. The standard InChI is InChI=1S/C48H31NO/c1-3-18-37-32(13-1)15-12-24-38(37)33-16-11-17-35(29-33)49(36-27-28-48-45(31-36)43-23-8-10-26-47(43)50-48)46-25-9-7-22-42(46)44-30-34-14-2-4-19-39(34)40-20-5-6-21-41(40)44/h1-31H. The Hall–Kier alpha value is -6.64. The summed E-state index contributed by atoms with van der Waals surface area (Å²) in [6.45, 7) is 0. The van der Waals surface area contributed by atoms with E-state index >= 15 is 0 Å². The van der Waals surface area contributed by atoms with E-state index in [1.54, 1.807) is 0 Å². The van der Waals surface area contributed by atoms with Crippen LogP contribution < -0.4 is 4.90 Å². The Bertz CT molecular complexity index is 2890. The van der Waals surface area contributed by atoms with Crippen molar-refractivity contribution in [1.29, 1.82) is 0 Å². The predicted octanol–water partition coefficient (Wildman–Crippen LogP) is 13.8. The molecule has 50 heavy (non-hydrogen) atoms. The number of furan rings is 1. The molecule has 0 aliphatic carbocycles. The second-order valence-electron chi connectivity index (χ2n) is 12.9. The van der Waals surface area contributed by atoms with Gasteiger partial charge in [-0.3, -0.25) is 0 Å². The number of benzene rings is 9. The molecule has 0 radical (unpaired) electrons. The number of hydrogen-bond acceptors (Lipinski definition) is 2. The summed E-state index contributed by atoms with van der Waals surface area (Å²) in [6, 6.07) is 67.7. The molecular formula is C48H31NO. The molecule has 0 aliphatic rings. The molecule has 0 fully saturated rings. The van der Waals surface area contributed by atoms with Gasteiger partial charge in [-0.05, 0) is 97.5 Å². The van der Waals surface area contributed by atoms with Crippen LogP contribution in [0.25, 0.3) is 76.5 Å². The Balaban J connectivity index is 1.25. The number of anilines is 3. The molecule has 0 spiro atoms. The van der Waals surface area contributed by atoms with Crippen LogP contribution in [0.15, 0.2) is 192 Å². The van der Waals surface area contributed by atoms with Gasteiger partial charge in [-0.2, -0.15) is 0 Å². The third kappa shape index (κ3) is 4.57. The highest BCUT2D eigenvalue weighted by Crippen LogP contribution is 2.46. The third-order valence-corrected chi connectivity index (χ3v) is 10.0. The predicted molar refractivity (Wildman–Crippen MR) is 212 cm³/mol. The summed E-state index contributed by atoms with van der Waals surface area (Å²) in [6.07, 6.45) is 0. The first-order chi connectivity index (χ1) is 24.8. The van der Waals surface area contributed by atoms with Gasteiger partial charge in [0.1, 0.15) is 11.2 Å². The minimum atomic E-state index is 0.883. The molecule has 0 saturated heterocycles. The lowest BCUT2D eigenvalue weighted by atomic mass is 9.92. The summed E-state index contributed by atoms with van der Waals surface area (Å²) >= 11 is 0. The first kappa shape index (κ1) is 28.4. The van der Waals surface area contributed by atoms with E-state index in [1.165, 1.54) is 54.6 Å². The van der Waals surface area contributed by atoms with Gasteiger partial charge in [0.2, 0.25) is 0 Å². The van der Waals surface area contributed by atoms with E-state index in [1.807, 2.05) is 12.1 Å². The normalized spacial score (nSPS) is 11.6. The van der Waals surface area contributed by atoms with Crippen LogP contribution in [0.4, 0.5) is 17.1 Å². The summed E-state index contributed by atoms with van der Waals surface area (Å²) in [4.78, 5) is 2.41. The van der Waals surface area contributed by atoms with Gasteiger partial charge in [0.15, 0.2) is 0 Å². The molecule has 0 unspecified atom stereocenters. The molecule has 1 heterocycles. The van der Waals surface area contributed by atoms with Gasteiger partial charge in [-0.25, -0.2) is 0 Å². The molecule has 0 amide bonds. The van der Waals surface area contributed by atoms with Crippen molar-refractivity contribution in [3.63, 3.8) is 0 Å². The lowest BCUT2D eigenvalue weighted by molar-refractivity contribution is 0.669. The molecule has 1 aromatic heterocycles. The maximum Gasteiger partial charge on any atom is 0.135 e. The first-order valence-corrected chi connectivity index (χ1v) is 17.1. The van der Waals surface area contributed by atoms with Crippen LogP contribution in [-0.2, 0) is 0 Å². The van der Waals surface area contributed by atoms with E-state index in [9.17, 15) is 0 Å². The average Bonchev–Trinajstić information content (AvgIpc) is 3.56. The number of nitrogens with zero attached hydrogens (tertiary/aromatic N) is 1. The van der Waals surface area contributed by atoms with Gasteiger partial charge in [0, 0.05) is 27.7 Å². The molecular weight excluding hydrogens is 607 g/mol. The van der Waals surface area contributed by atoms with Crippen molar-refractivity contribution in [3.05, 3.63) is 188 Å². The Morgan fingerprint density at radius 1 is 0.320 bits per heavy atom. The third-order valence-electron chi connectivity index (χ3n) is 10.0. The molecule has 0 atom stereocenters. The molecule has 0 aliphatic heterocycles. The Morgan fingerprint density at radius 3 is 1.84 bits per heavy atom. The lowest BCUT2D eigenvalue weighted by Gasteiger charge is -2.29. The Morgan fingerprint density at radius 2 is 0.940 bits per heavy atom. The fraction of sp³-hybridized carbons (Fsp3) is 0. The highest BCUT2D eigenvalue weighted by atomic mass is 16.3. The zero-order valence-electron chi connectivity index (χ0n) is 27.3. The first-order valence-electron chi connectivity index (χ1n) is 17.1. The van der Waals surface area contributed by atoms with Gasteiger partial charge < -0.3 is 9.32 Å². The van der Waals surface area contributed by atoms with Crippen LogP contribution in [0.1, 0.15) is 0 Å². The Labute approximate surface area is 290 Å². The van der Waals surface area contributed by atoms with Crippen molar-refractivity contribution < 1.29 is 4.42 Å². The van der Waals surface area contributed by atoms with Crippen molar-refractivity contribution in [2.75, 3.05) is 4.90 Å². The lowest BCUT2D eigenvalue weighted by Crippen LogP contribution is -2.11. The van der Waals surface area contributed by atoms with E-state index in [-0.39, 0.29) is 0 Å². The van der Waals surface area contributed by atoms with E-state index < -0.39 is 0 Å². The maximum absolute atomic E-state index is 6.28. The maximum atomic E-state index is 6.28. The van der Waals surface area contributed by atoms with Crippen molar-refractivity contribution in [3.8, 4) is 22.3 Å². The van der Waals surface area contributed by atoms with E-state index in [2.05, 4.69) is 181 Å². The fourth-order valence-electron chi connectivity index (χ4n) is 7.74. The Kier molecular flexibility index (Phi) is 6.53. The summed E-state index contributed by atoms with van der Waals surface area (Å²) < 4.78 is 6.28. The highest BCUT2D eigenvalue weighted by molar-refractivity contribution is 6.15. The van der Waals surface area contributed by atoms with Gasteiger partial charge in [-0.1, -0.05) is 140 Å². The van der Waals surface area contributed by atoms with Gasteiger partial charge >= 0.3 is 0 Å². The minimum Gasteiger partial charge on any atom is -0.456 e. The van der Waals surface area contributed by atoms with Crippen molar-refractivity contribution in [2.24, 2.45) is 0 Å². The number of rotatable bonds is 5. The van der Waals surface area contributed by atoms with Crippen molar-refractivity contribution in [2.45, 2.75) is 0 Å². The van der Waals surface area contributed by atoms with Gasteiger partial charge in [0.25, 0.3) is 0 Å². The topological polar surface area (TPSA) is 16.4 Å². The van der Waals surface area contributed by atoms with E-state index in [0.29, 0.717) is 0 Å². The largest absolute Gasteiger partial charge is 0.456 e. The van der Waals surface area contributed by atoms with Crippen molar-refractivity contribution in [1.82, 2.24) is 0 Å². The molecule has 10 rings (SSSR count). The van der Waals surface area contributed by atoms with Crippen LogP contribution in [0.2, 0.25) is 0 Å². The van der Waals surface area contributed by atoms with Gasteiger partial charge in [0.05, 0.1) is 5.69 Å². The molecule has 10 aromatic rings. The smallest absolute Gasteiger partial charge is 0.135 e. The minimum absolute atomic E-state index is 0.883. The molecule has 0 saturated carbocycles. The average molecular weight is 638 g/mol. The summed E-state index contributed by atoms with van der Waals surface area (Å²) in [5.74, 6) is 0. The SMILES string of the molecule is c1cc(-c2cccc3ccccc23)cc(N(c2ccc3oc4ccccc4c3c2)c2ccccc2-c2cc3ccccc3c3ccccc23)c1. The summed E-state index contributed by atoms with van der Waals surface area (Å²) in [5.41, 5.74) is 9.80. The summed E-state index contributed by atoms with van der Waals surface area (Å²) in [5, 5.41) is 9.68. The van der Waals surface area contributed by atoms with E-state index in [4.69, 9.17) is 4.42 Å². The van der Waals surface area contributed by atoms with Crippen LogP contribution >= 0.6 is 0 Å². The van der Waals surface area contributed by atoms with Crippen molar-refractivity contribution >= 4 is 71.3 Å². The number of hydrogen-bond donors (Lipinski definition) is 0. The fourth-order valence-corrected chi connectivity index (χ4v) is 7.74. The van der Waals surface area contributed by atoms with Crippen LogP contribution in [0, 0.1) is 0 Å². The molecule has 0 bridgehead atoms. The van der Waals surface area contributed by atoms with Crippen LogP contribution in [0.3, 0.4) is 0 Å². The second kappa shape index (κ2) is 11.5. The molecule has 2 heteroatoms. The zero-order chi connectivity index (χ0) is 33.0. The van der Waals surface area contributed by atoms with Crippen LogP contribution in [0.5, 0.6) is 0 Å². The quantitative estimate of drug-likeness (QED) is 0.175. The van der Waals surface area contributed by atoms with E-state index in [0.717, 1.165) is 39.0 Å². The molecule has 0 N–H and O–H groups in total. The monoisotopic (exact) mass is 637 g/mol. The molecule has 9 aromatic carbocycles. The second-order valence-corrected chi connectivity index (χ2v) is 12.9. The molecule has 234 valence electrons. The zero-order valence-corrected chi connectivity index (χ0v) is 27.3.